The van der Waals surface area contributed by atoms with Gasteiger partial charge >= 0.3 is 5.97 Å². The summed E-state index contributed by atoms with van der Waals surface area (Å²) in [7, 11) is 1.22. The van der Waals surface area contributed by atoms with Crippen molar-refractivity contribution >= 4 is 17.8 Å². The van der Waals surface area contributed by atoms with E-state index in [0.29, 0.717) is 25.9 Å². The van der Waals surface area contributed by atoms with Crippen LogP contribution in [0.5, 0.6) is 0 Å². The van der Waals surface area contributed by atoms with E-state index in [-0.39, 0.29) is 31.1 Å². The van der Waals surface area contributed by atoms with Gasteiger partial charge in [-0.05, 0) is 31.1 Å². The maximum Gasteiger partial charge on any atom is 0.328 e. The number of hydrogen-bond donors (Lipinski definition) is 3. The molecule has 3 fully saturated rings. The highest BCUT2D eigenvalue weighted by atomic mass is 19.3. The first-order chi connectivity index (χ1) is 12.2. The third kappa shape index (κ3) is 3.97. The number of carbonyl (C=O) groups is 3. The van der Waals surface area contributed by atoms with Gasteiger partial charge in [-0.1, -0.05) is 0 Å². The van der Waals surface area contributed by atoms with Gasteiger partial charge in [-0.15, -0.1) is 0 Å². The van der Waals surface area contributed by atoms with E-state index < -0.39 is 35.3 Å². The zero-order valence-corrected chi connectivity index (χ0v) is 14.8. The molecule has 26 heavy (non-hydrogen) atoms. The minimum atomic E-state index is -2.64. The van der Waals surface area contributed by atoms with E-state index >= 15 is 0 Å². The second-order valence-corrected chi connectivity index (χ2v) is 7.80. The third-order valence-electron chi connectivity index (χ3n) is 5.67. The van der Waals surface area contributed by atoms with Gasteiger partial charge in [-0.25, -0.2) is 13.6 Å². The zero-order chi connectivity index (χ0) is 18.9. The molecule has 1 aliphatic carbocycles. The lowest BCUT2D eigenvalue weighted by Gasteiger charge is -2.44. The van der Waals surface area contributed by atoms with Crippen molar-refractivity contribution in [3.05, 3.63) is 0 Å². The summed E-state index contributed by atoms with van der Waals surface area (Å²) in [6.07, 6.45) is 1.54. The summed E-state index contributed by atoms with van der Waals surface area (Å²) >= 11 is 0. The molecule has 2 amide bonds. The predicted molar refractivity (Wildman–Crippen MR) is 87.3 cm³/mol. The average molecular weight is 373 g/mol. The van der Waals surface area contributed by atoms with Crippen LogP contribution in [0.1, 0.15) is 38.5 Å². The topological polar surface area (TPSA) is 96.5 Å². The van der Waals surface area contributed by atoms with Crippen LogP contribution in [0.15, 0.2) is 0 Å². The lowest BCUT2D eigenvalue weighted by atomic mass is 9.65. The number of rotatable bonds is 5. The molecule has 1 spiro atoms. The SMILES string of the molecule is COC(=O)[C@H](C[C@@H]1CCCNC1=O)NC(=O)[C@@H]1CC2(CN1)CC(F)(F)C2. The molecule has 2 heterocycles. The minimum Gasteiger partial charge on any atom is -0.467 e. The Balaban J connectivity index is 1.57. The summed E-state index contributed by atoms with van der Waals surface area (Å²) in [5.74, 6) is -4.16. The van der Waals surface area contributed by atoms with Gasteiger partial charge in [0.2, 0.25) is 17.7 Å². The Morgan fingerprint density at radius 2 is 2.12 bits per heavy atom. The number of alkyl halides is 2. The van der Waals surface area contributed by atoms with Gasteiger partial charge in [-0.3, -0.25) is 9.59 Å². The lowest BCUT2D eigenvalue weighted by Crippen LogP contribution is -2.51. The quantitative estimate of drug-likeness (QED) is 0.604. The molecule has 0 aromatic rings. The standard InChI is InChI=1S/C17H25F2N3O4/c1-26-15(25)11(5-10-3-2-4-20-13(10)23)22-14(24)12-6-16(9-21-12)7-17(18,19)8-16/h10-12,21H,2-9H2,1H3,(H,20,23)(H,22,24)/t10-,11-,12-/m0/s1. The van der Waals surface area contributed by atoms with Crippen LogP contribution in [0, 0.1) is 11.3 Å². The molecule has 9 heteroatoms. The van der Waals surface area contributed by atoms with Crippen LogP contribution in [0.25, 0.3) is 0 Å². The van der Waals surface area contributed by atoms with Crippen molar-refractivity contribution in [2.75, 3.05) is 20.2 Å². The van der Waals surface area contributed by atoms with E-state index in [1.54, 1.807) is 0 Å². The largest absolute Gasteiger partial charge is 0.467 e. The molecule has 3 N–H and O–H groups in total. The molecule has 3 aliphatic rings. The van der Waals surface area contributed by atoms with Gasteiger partial charge in [0.25, 0.3) is 0 Å². The number of ether oxygens (including phenoxy) is 1. The zero-order valence-electron chi connectivity index (χ0n) is 14.8. The molecule has 0 unspecified atom stereocenters. The summed E-state index contributed by atoms with van der Waals surface area (Å²) in [5.41, 5.74) is -0.532. The molecule has 0 aromatic heterocycles. The fraction of sp³-hybridized carbons (Fsp3) is 0.824. The number of halogens is 2. The lowest BCUT2D eigenvalue weighted by molar-refractivity contribution is -0.154. The van der Waals surface area contributed by atoms with Crippen molar-refractivity contribution in [1.82, 2.24) is 16.0 Å². The molecule has 7 nitrogen and oxygen atoms in total. The van der Waals surface area contributed by atoms with Crippen molar-refractivity contribution in [3.63, 3.8) is 0 Å². The van der Waals surface area contributed by atoms with Gasteiger partial charge in [0.15, 0.2) is 0 Å². The second-order valence-electron chi connectivity index (χ2n) is 7.80. The predicted octanol–water partition coefficient (Wildman–Crippen LogP) is 0.338. The van der Waals surface area contributed by atoms with Gasteiger partial charge in [0.05, 0.1) is 13.2 Å². The molecule has 1 saturated carbocycles. The van der Waals surface area contributed by atoms with Gasteiger partial charge in [0, 0.05) is 31.8 Å². The molecular formula is C17H25F2N3O4. The van der Waals surface area contributed by atoms with Crippen LogP contribution in [-0.4, -0.2) is 56.0 Å². The number of amides is 2. The molecule has 0 bridgehead atoms. The van der Waals surface area contributed by atoms with Crippen molar-refractivity contribution in [3.8, 4) is 0 Å². The van der Waals surface area contributed by atoms with Crippen molar-refractivity contribution in [2.24, 2.45) is 11.3 Å². The average Bonchev–Trinajstić information content (AvgIpc) is 2.98. The Hall–Kier alpha value is -1.77. The van der Waals surface area contributed by atoms with E-state index in [0.717, 1.165) is 6.42 Å². The normalized spacial score (nSPS) is 30.2. The first-order valence-electron chi connectivity index (χ1n) is 9.01. The van der Waals surface area contributed by atoms with Crippen LogP contribution in [0.4, 0.5) is 8.78 Å². The Morgan fingerprint density at radius 1 is 1.38 bits per heavy atom. The van der Waals surface area contributed by atoms with Crippen molar-refractivity contribution in [2.45, 2.75) is 56.5 Å². The Kier molecular flexibility index (Phi) is 5.18. The molecule has 2 saturated heterocycles. The molecular weight excluding hydrogens is 348 g/mol. The number of hydrogen-bond acceptors (Lipinski definition) is 5. The molecule has 2 aliphatic heterocycles. The van der Waals surface area contributed by atoms with Crippen LogP contribution in [-0.2, 0) is 19.1 Å². The molecule has 3 atom stereocenters. The van der Waals surface area contributed by atoms with E-state index in [4.69, 9.17) is 4.74 Å². The smallest absolute Gasteiger partial charge is 0.328 e. The molecule has 0 radical (unpaired) electrons. The highest BCUT2D eigenvalue weighted by Crippen LogP contribution is 2.56. The highest BCUT2D eigenvalue weighted by molar-refractivity contribution is 5.88. The summed E-state index contributed by atoms with van der Waals surface area (Å²) < 4.78 is 31.1. The van der Waals surface area contributed by atoms with Crippen LogP contribution in [0.2, 0.25) is 0 Å². The van der Waals surface area contributed by atoms with Crippen LogP contribution < -0.4 is 16.0 Å². The molecule has 0 aromatic carbocycles. The molecule has 3 rings (SSSR count). The van der Waals surface area contributed by atoms with Gasteiger partial charge in [0.1, 0.15) is 6.04 Å². The van der Waals surface area contributed by atoms with Crippen molar-refractivity contribution < 1.29 is 27.9 Å². The maximum atomic E-state index is 13.2. The monoisotopic (exact) mass is 373 g/mol. The highest BCUT2D eigenvalue weighted by Gasteiger charge is 2.59. The number of carbonyl (C=O) groups excluding carboxylic acids is 3. The van der Waals surface area contributed by atoms with E-state index in [2.05, 4.69) is 16.0 Å². The van der Waals surface area contributed by atoms with E-state index in [1.807, 2.05) is 0 Å². The number of methoxy groups -OCH3 is 1. The fourth-order valence-corrected chi connectivity index (χ4v) is 4.39. The minimum absolute atomic E-state index is 0.131. The van der Waals surface area contributed by atoms with Crippen LogP contribution in [0.3, 0.4) is 0 Å². The first kappa shape index (κ1) is 19.0. The fourth-order valence-electron chi connectivity index (χ4n) is 4.39. The number of piperidine rings is 1. The van der Waals surface area contributed by atoms with Gasteiger partial charge in [-0.2, -0.15) is 0 Å². The van der Waals surface area contributed by atoms with Crippen LogP contribution >= 0.6 is 0 Å². The van der Waals surface area contributed by atoms with E-state index in [9.17, 15) is 23.2 Å². The summed E-state index contributed by atoms with van der Waals surface area (Å²) in [6.45, 7) is 0.984. The number of nitrogens with one attached hydrogen (secondary N) is 3. The summed E-state index contributed by atoms with van der Waals surface area (Å²) in [5, 5.41) is 8.37. The Labute approximate surface area is 150 Å². The Bertz CT molecular complexity index is 591. The third-order valence-corrected chi connectivity index (χ3v) is 5.67. The first-order valence-corrected chi connectivity index (χ1v) is 9.01. The number of esters is 1. The van der Waals surface area contributed by atoms with Crippen molar-refractivity contribution in [1.29, 1.82) is 0 Å². The molecule has 146 valence electrons. The van der Waals surface area contributed by atoms with E-state index in [1.165, 1.54) is 7.11 Å². The van der Waals surface area contributed by atoms with Gasteiger partial charge < -0.3 is 20.7 Å². The second kappa shape index (κ2) is 7.09. The Morgan fingerprint density at radius 3 is 2.73 bits per heavy atom. The summed E-state index contributed by atoms with van der Waals surface area (Å²) in [4.78, 5) is 36.5. The maximum absolute atomic E-state index is 13.2. The summed E-state index contributed by atoms with van der Waals surface area (Å²) in [6, 6.07) is -1.54.